The molecule has 0 saturated carbocycles. The summed E-state index contributed by atoms with van der Waals surface area (Å²) in [7, 11) is 0. The van der Waals surface area contributed by atoms with E-state index in [1.165, 1.54) is 0 Å². The van der Waals surface area contributed by atoms with Crippen LogP contribution in [0.1, 0.15) is 47.8 Å². The van der Waals surface area contributed by atoms with E-state index in [0.717, 1.165) is 11.1 Å². The highest BCUT2D eigenvalue weighted by Gasteiger charge is 2.21. The number of carboxylic acid groups (broad SMARTS) is 1. The van der Waals surface area contributed by atoms with Gasteiger partial charge < -0.3 is 19.9 Å². The summed E-state index contributed by atoms with van der Waals surface area (Å²) >= 11 is 0. The second-order valence-corrected chi connectivity index (χ2v) is 6.01. The Labute approximate surface area is 159 Å². The zero-order chi connectivity index (χ0) is 19.8. The fourth-order valence-electron chi connectivity index (χ4n) is 2.83. The number of aliphatic carboxylic acids is 1. The molecule has 6 heteroatoms. The molecule has 0 bridgehead atoms. The van der Waals surface area contributed by atoms with Crippen molar-refractivity contribution in [1.29, 1.82) is 0 Å². The minimum absolute atomic E-state index is 0.202. The summed E-state index contributed by atoms with van der Waals surface area (Å²) in [5.74, 6) is -0.298. The van der Waals surface area contributed by atoms with E-state index in [4.69, 9.17) is 9.47 Å². The molecule has 0 aromatic heterocycles. The molecule has 6 nitrogen and oxygen atoms in total. The zero-order valence-corrected chi connectivity index (χ0v) is 15.8. The van der Waals surface area contributed by atoms with Crippen molar-refractivity contribution in [1.82, 2.24) is 5.32 Å². The summed E-state index contributed by atoms with van der Waals surface area (Å²) in [6.07, 6.45) is -0.202. The molecule has 144 valence electrons. The standard InChI is InChI=1S/C21H25NO5/c1-4-26-18-11-10-15(12-19(18)27-5-2)21(25)22-17(13-20(23)24)16-9-7-6-8-14(16)3/h6-12,17H,4-5,13H2,1-3H3,(H,22,25)(H,23,24). The van der Waals surface area contributed by atoms with Crippen LogP contribution in [0.15, 0.2) is 42.5 Å². The number of hydrogen-bond acceptors (Lipinski definition) is 4. The lowest BCUT2D eigenvalue weighted by Crippen LogP contribution is -2.30. The Bertz CT molecular complexity index is 803. The number of ether oxygens (including phenoxy) is 2. The first kappa shape index (κ1) is 20.3. The van der Waals surface area contributed by atoms with Crippen molar-refractivity contribution >= 4 is 11.9 Å². The predicted molar refractivity (Wildman–Crippen MR) is 102 cm³/mol. The molecule has 0 aliphatic rings. The highest BCUT2D eigenvalue weighted by atomic mass is 16.5. The van der Waals surface area contributed by atoms with E-state index < -0.39 is 12.0 Å². The number of nitrogens with one attached hydrogen (secondary N) is 1. The maximum atomic E-state index is 12.7. The van der Waals surface area contributed by atoms with Crippen molar-refractivity contribution in [2.45, 2.75) is 33.2 Å². The van der Waals surface area contributed by atoms with Crippen molar-refractivity contribution in [3.05, 3.63) is 59.2 Å². The molecule has 0 aliphatic carbocycles. The molecule has 0 radical (unpaired) electrons. The largest absolute Gasteiger partial charge is 0.490 e. The zero-order valence-electron chi connectivity index (χ0n) is 15.8. The Morgan fingerprint density at radius 2 is 1.70 bits per heavy atom. The van der Waals surface area contributed by atoms with Crippen LogP contribution in [0.2, 0.25) is 0 Å². The van der Waals surface area contributed by atoms with Crippen LogP contribution in [-0.4, -0.2) is 30.2 Å². The van der Waals surface area contributed by atoms with Crippen molar-refractivity contribution in [2.24, 2.45) is 0 Å². The lowest BCUT2D eigenvalue weighted by molar-refractivity contribution is -0.137. The minimum atomic E-state index is -0.981. The van der Waals surface area contributed by atoms with Gasteiger partial charge >= 0.3 is 5.97 Å². The summed E-state index contributed by atoms with van der Waals surface area (Å²) < 4.78 is 11.1. The van der Waals surface area contributed by atoms with Crippen molar-refractivity contribution < 1.29 is 24.2 Å². The van der Waals surface area contributed by atoms with Crippen LogP contribution in [0.5, 0.6) is 11.5 Å². The molecule has 1 unspecified atom stereocenters. The van der Waals surface area contributed by atoms with Crippen LogP contribution in [-0.2, 0) is 4.79 Å². The second kappa shape index (κ2) is 9.62. The van der Waals surface area contributed by atoms with E-state index in [9.17, 15) is 14.7 Å². The van der Waals surface area contributed by atoms with Gasteiger partial charge in [0, 0.05) is 5.56 Å². The quantitative estimate of drug-likeness (QED) is 0.701. The van der Waals surface area contributed by atoms with Gasteiger partial charge in [-0.1, -0.05) is 24.3 Å². The smallest absolute Gasteiger partial charge is 0.305 e. The van der Waals surface area contributed by atoms with Crippen LogP contribution >= 0.6 is 0 Å². The first-order valence-electron chi connectivity index (χ1n) is 8.94. The van der Waals surface area contributed by atoms with E-state index in [-0.39, 0.29) is 12.3 Å². The predicted octanol–water partition coefficient (Wildman–Crippen LogP) is 3.74. The van der Waals surface area contributed by atoms with E-state index in [0.29, 0.717) is 30.3 Å². The molecule has 27 heavy (non-hydrogen) atoms. The third kappa shape index (κ3) is 5.48. The number of benzene rings is 2. The maximum absolute atomic E-state index is 12.7. The molecule has 2 rings (SSSR count). The molecule has 0 heterocycles. The number of carbonyl (C=O) groups is 2. The lowest BCUT2D eigenvalue weighted by atomic mass is 9.98. The topological polar surface area (TPSA) is 84.9 Å². The second-order valence-electron chi connectivity index (χ2n) is 6.01. The maximum Gasteiger partial charge on any atom is 0.305 e. The lowest BCUT2D eigenvalue weighted by Gasteiger charge is -2.20. The van der Waals surface area contributed by atoms with Gasteiger partial charge in [-0.3, -0.25) is 9.59 Å². The van der Waals surface area contributed by atoms with Crippen LogP contribution in [0, 0.1) is 6.92 Å². The molecule has 2 N–H and O–H groups in total. The molecule has 0 saturated heterocycles. The molecule has 0 fully saturated rings. The van der Waals surface area contributed by atoms with Gasteiger partial charge in [0.05, 0.1) is 25.7 Å². The number of carbonyl (C=O) groups excluding carboxylic acids is 1. The van der Waals surface area contributed by atoms with Gasteiger partial charge in [0.2, 0.25) is 0 Å². The number of amides is 1. The Kier molecular flexibility index (Phi) is 7.23. The van der Waals surface area contributed by atoms with Crippen molar-refractivity contribution in [3.63, 3.8) is 0 Å². The molecule has 1 atom stereocenters. The third-order valence-corrected chi connectivity index (χ3v) is 4.05. The molecule has 2 aromatic carbocycles. The first-order chi connectivity index (χ1) is 13.0. The Morgan fingerprint density at radius 1 is 1.04 bits per heavy atom. The van der Waals surface area contributed by atoms with Crippen LogP contribution in [0.3, 0.4) is 0 Å². The average Bonchev–Trinajstić information content (AvgIpc) is 2.63. The van der Waals surface area contributed by atoms with Crippen LogP contribution < -0.4 is 14.8 Å². The monoisotopic (exact) mass is 371 g/mol. The van der Waals surface area contributed by atoms with E-state index in [2.05, 4.69) is 5.32 Å². The van der Waals surface area contributed by atoms with Gasteiger partial charge in [-0.2, -0.15) is 0 Å². The summed E-state index contributed by atoms with van der Waals surface area (Å²) in [4.78, 5) is 24.0. The van der Waals surface area contributed by atoms with Crippen molar-refractivity contribution in [3.8, 4) is 11.5 Å². The molecule has 1 amide bonds. The Morgan fingerprint density at radius 3 is 2.33 bits per heavy atom. The van der Waals surface area contributed by atoms with Gasteiger partial charge in [-0.25, -0.2) is 0 Å². The van der Waals surface area contributed by atoms with Gasteiger partial charge in [-0.15, -0.1) is 0 Å². The Hall–Kier alpha value is -3.02. The summed E-state index contributed by atoms with van der Waals surface area (Å²) in [6.45, 7) is 6.54. The van der Waals surface area contributed by atoms with Gasteiger partial charge in [0.25, 0.3) is 5.91 Å². The Balaban J connectivity index is 2.28. The number of rotatable bonds is 9. The number of aryl methyl sites for hydroxylation is 1. The summed E-state index contributed by atoms with van der Waals surface area (Å²) in [5.41, 5.74) is 2.08. The molecule has 0 aliphatic heterocycles. The average molecular weight is 371 g/mol. The third-order valence-electron chi connectivity index (χ3n) is 4.05. The minimum Gasteiger partial charge on any atom is -0.490 e. The normalized spacial score (nSPS) is 11.5. The van der Waals surface area contributed by atoms with Gasteiger partial charge in [-0.05, 0) is 50.1 Å². The van der Waals surface area contributed by atoms with Gasteiger partial charge in [0.15, 0.2) is 11.5 Å². The van der Waals surface area contributed by atoms with E-state index in [1.54, 1.807) is 18.2 Å². The van der Waals surface area contributed by atoms with Gasteiger partial charge in [0.1, 0.15) is 0 Å². The highest BCUT2D eigenvalue weighted by molar-refractivity contribution is 5.95. The fourth-order valence-corrected chi connectivity index (χ4v) is 2.83. The first-order valence-corrected chi connectivity index (χ1v) is 8.94. The molecule has 0 spiro atoms. The van der Waals surface area contributed by atoms with E-state index in [1.807, 2.05) is 45.0 Å². The number of carboxylic acids is 1. The molecule has 2 aromatic rings. The number of hydrogen-bond donors (Lipinski definition) is 2. The summed E-state index contributed by atoms with van der Waals surface area (Å²) in [6, 6.07) is 11.7. The summed E-state index contributed by atoms with van der Waals surface area (Å²) in [5, 5.41) is 12.1. The SMILES string of the molecule is CCOc1ccc(C(=O)NC(CC(=O)O)c2ccccc2C)cc1OCC. The fraction of sp³-hybridized carbons (Fsp3) is 0.333. The van der Waals surface area contributed by atoms with E-state index >= 15 is 0 Å². The van der Waals surface area contributed by atoms with Crippen LogP contribution in [0.4, 0.5) is 0 Å². The highest BCUT2D eigenvalue weighted by Crippen LogP contribution is 2.29. The van der Waals surface area contributed by atoms with Crippen molar-refractivity contribution in [2.75, 3.05) is 13.2 Å². The van der Waals surface area contributed by atoms with Crippen LogP contribution in [0.25, 0.3) is 0 Å². The molecular formula is C21H25NO5. The molecular weight excluding hydrogens is 346 g/mol.